The third kappa shape index (κ3) is 36.1. The van der Waals surface area contributed by atoms with Gasteiger partial charge in [-0.2, -0.15) is 0 Å². The molecule has 0 aromatic heterocycles. The summed E-state index contributed by atoms with van der Waals surface area (Å²) in [6, 6.07) is 0. The van der Waals surface area contributed by atoms with Crippen molar-refractivity contribution in [2.75, 3.05) is 26.4 Å². The maximum absolute atomic E-state index is 12.6. The van der Waals surface area contributed by atoms with Crippen LogP contribution in [-0.4, -0.2) is 65.7 Å². The second-order valence-electron chi connectivity index (χ2n) is 12.9. The van der Waals surface area contributed by atoms with Crippen molar-refractivity contribution in [2.24, 2.45) is 0 Å². The first-order valence-electron chi connectivity index (χ1n) is 19.6. The molecular weight excluding hydrogens is 671 g/mol. The highest BCUT2D eigenvalue weighted by Gasteiger charge is 2.27. The zero-order chi connectivity index (χ0) is 37.7. The Morgan fingerprint density at radius 1 is 0.608 bits per heavy atom. The molecule has 10 nitrogen and oxygen atoms in total. The second-order valence-corrected chi connectivity index (χ2v) is 14.4. The zero-order valence-corrected chi connectivity index (χ0v) is 32.7. The molecule has 0 spiro atoms. The number of esters is 2. The van der Waals surface area contributed by atoms with Gasteiger partial charge in [-0.25, -0.2) is 4.57 Å². The van der Waals surface area contributed by atoms with Crippen molar-refractivity contribution in [1.82, 2.24) is 0 Å². The second kappa shape index (κ2) is 36.3. The molecule has 0 aliphatic carbocycles. The van der Waals surface area contributed by atoms with E-state index in [0.717, 1.165) is 77.0 Å². The summed E-state index contributed by atoms with van der Waals surface area (Å²) in [5, 5.41) is 18.3. The Hall–Kier alpha value is -2.07. The van der Waals surface area contributed by atoms with Crippen LogP contribution in [0.2, 0.25) is 0 Å². The number of phosphoric ester groups is 1. The van der Waals surface area contributed by atoms with Crippen LogP contribution in [0.25, 0.3) is 0 Å². The summed E-state index contributed by atoms with van der Waals surface area (Å²) in [5.41, 5.74) is 0. The Labute approximate surface area is 309 Å². The van der Waals surface area contributed by atoms with Crippen LogP contribution in [0.3, 0.4) is 0 Å². The minimum atomic E-state index is -4.62. The molecule has 0 aromatic carbocycles. The summed E-state index contributed by atoms with van der Waals surface area (Å²) in [4.78, 5) is 34.8. The van der Waals surface area contributed by atoms with Crippen LogP contribution in [0.15, 0.2) is 48.6 Å². The van der Waals surface area contributed by atoms with Gasteiger partial charge >= 0.3 is 19.8 Å². The maximum Gasteiger partial charge on any atom is 0.472 e. The largest absolute Gasteiger partial charge is 0.472 e. The fourth-order valence-electron chi connectivity index (χ4n) is 4.94. The average Bonchev–Trinajstić information content (AvgIpc) is 3.12. The van der Waals surface area contributed by atoms with E-state index in [0.29, 0.717) is 12.8 Å². The molecule has 3 N–H and O–H groups in total. The molecule has 0 saturated carbocycles. The average molecular weight is 743 g/mol. The Morgan fingerprint density at radius 2 is 1.08 bits per heavy atom. The minimum absolute atomic E-state index is 0.160. The van der Waals surface area contributed by atoms with Gasteiger partial charge < -0.3 is 24.6 Å². The monoisotopic (exact) mass is 742 g/mol. The smallest absolute Gasteiger partial charge is 0.462 e. The highest BCUT2D eigenvalue weighted by Crippen LogP contribution is 2.43. The van der Waals surface area contributed by atoms with E-state index in [1.807, 2.05) is 0 Å². The molecule has 0 aliphatic rings. The van der Waals surface area contributed by atoms with Gasteiger partial charge in [0.2, 0.25) is 0 Å². The SMILES string of the molecule is CC/C=C/C/C=C/C/C=C/CCCCCCCC(=O)O[C@H](COC(=O)CCCCC/C=C/CCCCCCCC)COP(=O)(O)OC[C@@H](O)CO. The molecule has 11 heteroatoms. The van der Waals surface area contributed by atoms with Crippen LogP contribution in [0, 0.1) is 0 Å². The Bertz CT molecular complexity index is 994. The quantitative estimate of drug-likeness (QED) is 0.0245. The summed E-state index contributed by atoms with van der Waals surface area (Å²) >= 11 is 0. The minimum Gasteiger partial charge on any atom is -0.462 e. The van der Waals surface area contributed by atoms with Gasteiger partial charge in [0.05, 0.1) is 19.8 Å². The van der Waals surface area contributed by atoms with Crippen LogP contribution in [0.4, 0.5) is 0 Å². The van der Waals surface area contributed by atoms with Gasteiger partial charge in [0.25, 0.3) is 0 Å². The van der Waals surface area contributed by atoms with Gasteiger partial charge in [-0.1, -0.05) is 120 Å². The topological polar surface area (TPSA) is 149 Å². The zero-order valence-electron chi connectivity index (χ0n) is 31.8. The molecule has 0 radical (unpaired) electrons. The van der Waals surface area contributed by atoms with E-state index in [-0.39, 0.29) is 19.4 Å². The number of allylic oxidation sites excluding steroid dienone is 8. The van der Waals surface area contributed by atoms with Crippen molar-refractivity contribution in [3.05, 3.63) is 48.6 Å². The van der Waals surface area contributed by atoms with Gasteiger partial charge in [-0.3, -0.25) is 18.6 Å². The van der Waals surface area contributed by atoms with Crippen LogP contribution in [-0.2, 0) is 32.7 Å². The molecule has 0 amide bonds. The molecule has 296 valence electrons. The molecule has 0 rings (SSSR count). The number of unbranched alkanes of at least 4 members (excludes halogenated alkanes) is 14. The summed E-state index contributed by atoms with van der Waals surface area (Å²) in [5.74, 6) is -0.968. The molecule has 0 heterocycles. The van der Waals surface area contributed by atoms with Gasteiger partial charge in [-0.15, -0.1) is 0 Å². The lowest BCUT2D eigenvalue weighted by molar-refractivity contribution is -0.161. The van der Waals surface area contributed by atoms with Crippen molar-refractivity contribution < 1.29 is 47.8 Å². The Kier molecular flexibility index (Phi) is 34.8. The number of phosphoric acid groups is 1. The first-order valence-corrected chi connectivity index (χ1v) is 21.1. The first kappa shape index (κ1) is 48.9. The predicted octanol–water partition coefficient (Wildman–Crippen LogP) is 9.77. The fraction of sp³-hybridized carbons (Fsp3) is 0.750. The molecule has 0 fully saturated rings. The van der Waals surface area contributed by atoms with Crippen molar-refractivity contribution in [3.63, 3.8) is 0 Å². The predicted molar refractivity (Wildman–Crippen MR) is 205 cm³/mol. The number of carbonyl (C=O) groups is 2. The van der Waals surface area contributed by atoms with Crippen LogP contribution in [0.1, 0.15) is 155 Å². The van der Waals surface area contributed by atoms with Gasteiger partial charge in [0, 0.05) is 12.8 Å². The number of ether oxygens (including phenoxy) is 2. The fourth-order valence-corrected chi connectivity index (χ4v) is 5.73. The third-order valence-corrected chi connectivity index (χ3v) is 8.92. The van der Waals surface area contributed by atoms with E-state index in [2.05, 4.69) is 67.0 Å². The molecular formula is C40H71O10P. The molecule has 51 heavy (non-hydrogen) atoms. The lowest BCUT2D eigenvalue weighted by Gasteiger charge is -2.20. The molecule has 0 aromatic rings. The molecule has 3 atom stereocenters. The van der Waals surface area contributed by atoms with Crippen LogP contribution in [0.5, 0.6) is 0 Å². The van der Waals surface area contributed by atoms with Crippen molar-refractivity contribution >= 4 is 19.8 Å². The van der Waals surface area contributed by atoms with Gasteiger partial charge in [0.1, 0.15) is 12.7 Å². The third-order valence-electron chi connectivity index (χ3n) is 7.97. The summed E-state index contributed by atoms with van der Waals surface area (Å²) in [7, 11) is -4.62. The normalized spacial score (nSPS) is 14.5. The van der Waals surface area contributed by atoms with Crippen LogP contribution < -0.4 is 0 Å². The number of aliphatic hydroxyl groups excluding tert-OH is 2. The highest BCUT2D eigenvalue weighted by atomic mass is 31.2. The number of hydrogen-bond acceptors (Lipinski definition) is 9. The molecule has 0 aliphatic heterocycles. The highest BCUT2D eigenvalue weighted by molar-refractivity contribution is 7.47. The summed E-state index contributed by atoms with van der Waals surface area (Å²) in [6.45, 7) is 2.20. The number of carbonyl (C=O) groups excluding carboxylic acids is 2. The molecule has 1 unspecified atom stereocenters. The number of aliphatic hydroxyl groups is 2. The lowest BCUT2D eigenvalue weighted by Crippen LogP contribution is -2.29. The summed E-state index contributed by atoms with van der Waals surface area (Å²) < 4.78 is 32.6. The van der Waals surface area contributed by atoms with Crippen molar-refractivity contribution in [2.45, 2.75) is 167 Å². The van der Waals surface area contributed by atoms with E-state index in [4.69, 9.17) is 19.1 Å². The van der Waals surface area contributed by atoms with Gasteiger partial charge in [0.15, 0.2) is 6.10 Å². The van der Waals surface area contributed by atoms with Crippen molar-refractivity contribution in [3.8, 4) is 0 Å². The number of rotatable bonds is 36. The van der Waals surface area contributed by atoms with Crippen molar-refractivity contribution in [1.29, 1.82) is 0 Å². The summed E-state index contributed by atoms with van der Waals surface area (Å²) in [6.07, 6.45) is 36.5. The van der Waals surface area contributed by atoms with E-state index in [1.165, 1.54) is 38.5 Å². The van der Waals surface area contributed by atoms with E-state index in [1.54, 1.807) is 0 Å². The Morgan fingerprint density at radius 3 is 1.67 bits per heavy atom. The van der Waals surface area contributed by atoms with Gasteiger partial charge in [-0.05, 0) is 70.6 Å². The first-order chi connectivity index (χ1) is 24.7. The Balaban J connectivity index is 4.42. The van der Waals surface area contributed by atoms with E-state index < -0.39 is 51.8 Å². The standard InChI is InChI=1S/C40H71O10P/c1-3-5-7-9-11-13-15-17-18-20-22-24-26-28-30-32-40(44)50-38(36-49-51(45,46)48-34-37(42)33-41)35-47-39(43)31-29-27-25-23-21-19-16-14-12-10-8-6-4-2/h5,7,11,13,17-19,21,37-38,41-42H,3-4,6,8-10,12,14-16,20,22-36H2,1-2H3,(H,45,46)/b7-5+,13-11+,18-17+,21-19+/t37-,38+/m0/s1. The van der Waals surface area contributed by atoms with E-state index in [9.17, 15) is 24.2 Å². The van der Waals surface area contributed by atoms with Crippen LogP contribution >= 0.6 is 7.82 Å². The van der Waals surface area contributed by atoms with E-state index >= 15 is 0 Å². The maximum atomic E-state index is 12.6. The molecule has 0 saturated heterocycles. The molecule has 0 bridgehead atoms. The lowest BCUT2D eigenvalue weighted by atomic mass is 10.1. The number of hydrogen-bond donors (Lipinski definition) is 3.